The Balaban J connectivity index is 2.21. The van der Waals surface area contributed by atoms with Crippen LogP contribution in [0.25, 0.3) is 0 Å². The van der Waals surface area contributed by atoms with Crippen molar-refractivity contribution in [1.29, 1.82) is 0 Å². The molecule has 1 aromatic carbocycles. The third-order valence-corrected chi connectivity index (χ3v) is 3.39. The summed E-state index contributed by atoms with van der Waals surface area (Å²) in [6.45, 7) is 1.78. The fourth-order valence-electron chi connectivity index (χ4n) is 1.50. The second-order valence-electron chi connectivity index (χ2n) is 3.50. The van der Waals surface area contributed by atoms with Gasteiger partial charge in [-0.2, -0.15) is 0 Å². The highest BCUT2D eigenvalue weighted by molar-refractivity contribution is 14.1. The molecule has 0 bridgehead atoms. The summed E-state index contributed by atoms with van der Waals surface area (Å²) in [5, 5.41) is 0. The van der Waals surface area contributed by atoms with E-state index in [0.717, 1.165) is 34.4 Å². The maximum absolute atomic E-state index is 11.9. The van der Waals surface area contributed by atoms with Gasteiger partial charge in [-0.05, 0) is 47.2 Å². The Kier molecular flexibility index (Phi) is 3.14. The second-order valence-corrected chi connectivity index (χ2v) is 4.66. The van der Waals surface area contributed by atoms with Crippen LogP contribution in [0.3, 0.4) is 0 Å². The average molecular weight is 317 g/mol. The Morgan fingerprint density at radius 2 is 2.20 bits per heavy atom. The molecule has 0 aromatic heterocycles. The van der Waals surface area contributed by atoms with Crippen LogP contribution >= 0.6 is 22.6 Å². The lowest BCUT2D eigenvalue weighted by molar-refractivity contribution is 0.0651. The largest absolute Gasteiger partial charge is 0.496 e. The Morgan fingerprint density at radius 1 is 1.47 bits per heavy atom. The predicted molar refractivity (Wildman–Crippen MR) is 66.2 cm³/mol. The Hall–Kier alpha value is -0.780. The summed E-state index contributed by atoms with van der Waals surface area (Å²) < 4.78 is 6.12. The summed E-state index contributed by atoms with van der Waals surface area (Å²) >= 11 is 2.18. The van der Waals surface area contributed by atoms with E-state index in [-0.39, 0.29) is 5.91 Å². The molecule has 0 aliphatic carbocycles. The third-order valence-electron chi connectivity index (χ3n) is 2.54. The number of methoxy groups -OCH3 is 1. The van der Waals surface area contributed by atoms with Crippen LogP contribution in [0.4, 0.5) is 0 Å². The van der Waals surface area contributed by atoms with Gasteiger partial charge in [0.25, 0.3) is 5.91 Å². The second kappa shape index (κ2) is 4.38. The maximum Gasteiger partial charge on any atom is 0.253 e. The fourth-order valence-corrected chi connectivity index (χ4v) is 2.24. The zero-order valence-corrected chi connectivity index (χ0v) is 10.7. The molecule has 0 N–H and O–H groups in total. The molecule has 0 spiro atoms. The minimum Gasteiger partial charge on any atom is -0.496 e. The summed E-state index contributed by atoms with van der Waals surface area (Å²) in [6, 6.07) is 5.54. The van der Waals surface area contributed by atoms with Crippen LogP contribution in [0.1, 0.15) is 16.8 Å². The van der Waals surface area contributed by atoms with Gasteiger partial charge in [0.2, 0.25) is 0 Å². The van der Waals surface area contributed by atoms with Crippen LogP contribution in [-0.4, -0.2) is 31.0 Å². The number of halogens is 1. The van der Waals surface area contributed by atoms with E-state index in [0.29, 0.717) is 0 Å². The van der Waals surface area contributed by atoms with Crippen LogP contribution in [0.5, 0.6) is 5.75 Å². The molecule has 1 fully saturated rings. The lowest BCUT2D eigenvalue weighted by Crippen LogP contribution is -2.42. The van der Waals surface area contributed by atoms with Gasteiger partial charge in [0.15, 0.2) is 0 Å². The molecule has 1 amide bonds. The topological polar surface area (TPSA) is 29.5 Å². The first-order valence-electron chi connectivity index (χ1n) is 4.85. The SMILES string of the molecule is COc1ccc(C(=O)N2CCC2)cc1I. The van der Waals surface area contributed by atoms with Crippen LogP contribution in [0.2, 0.25) is 0 Å². The van der Waals surface area contributed by atoms with E-state index in [4.69, 9.17) is 4.74 Å². The molecule has 80 valence electrons. The van der Waals surface area contributed by atoms with E-state index in [1.807, 2.05) is 23.1 Å². The quantitative estimate of drug-likeness (QED) is 0.782. The molecule has 1 aliphatic heterocycles. The van der Waals surface area contributed by atoms with Crippen molar-refractivity contribution in [3.8, 4) is 5.75 Å². The molecular formula is C11H12INO2. The van der Waals surface area contributed by atoms with Crippen molar-refractivity contribution in [2.75, 3.05) is 20.2 Å². The fraction of sp³-hybridized carbons (Fsp3) is 0.364. The van der Waals surface area contributed by atoms with Crippen LogP contribution < -0.4 is 4.74 Å². The number of carbonyl (C=O) groups excluding carboxylic acids is 1. The van der Waals surface area contributed by atoms with Crippen molar-refractivity contribution < 1.29 is 9.53 Å². The van der Waals surface area contributed by atoms with Gasteiger partial charge in [-0.1, -0.05) is 0 Å². The number of benzene rings is 1. The van der Waals surface area contributed by atoms with Gasteiger partial charge in [0.05, 0.1) is 10.7 Å². The molecule has 15 heavy (non-hydrogen) atoms. The van der Waals surface area contributed by atoms with Crippen molar-refractivity contribution in [3.05, 3.63) is 27.3 Å². The monoisotopic (exact) mass is 317 g/mol. The highest BCUT2D eigenvalue weighted by Gasteiger charge is 2.21. The summed E-state index contributed by atoms with van der Waals surface area (Å²) in [4.78, 5) is 13.7. The van der Waals surface area contributed by atoms with Gasteiger partial charge in [-0.3, -0.25) is 4.79 Å². The predicted octanol–water partition coefficient (Wildman–Crippen LogP) is 2.15. The van der Waals surface area contributed by atoms with E-state index in [2.05, 4.69) is 22.6 Å². The van der Waals surface area contributed by atoms with Crippen LogP contribution in [0.15, 0.2) is 18.2 Å². The van der Waals surface area contributed by atoms with Gasteiger partial charge in [-0.25, -0.2) is 0 Å². The van der Waals surface area contributed by atoms with Crippen molar-refractivity contribution in [3.63, 3.8) is 0 Å². The van der Waals surface area contributed by atoms with Gasteiger partial charge in [0.1, 0.15) is 5.75 Å². The molecular weight excluding hydrogens is 305 g/mol. The maximum atomic E-state index is 11.9. The molecule has 0 unspecified atom stereocenters. The highest BCUT2D eigenvalue weighted by atomic mass is 127. The van der Waals surface area contributed by atoms with Crippen molar-refractivity contribution in [2.45, 2.75) is 6.42 Å². The lowest BCUT2D eigenvalue weighted by Gasteiger charge is -2.31. The summed E-state index contributed by atoms with van der Waals surface area (Å²) in [5.74, 6) is 0.942. The summed E-state index contributed by atoms with van der Waals surface area (Å²) in [6.07, 6.45) is 1.12. The number of amides is 1. The summed E-state index contributed by atoms with van der Waals surface area (Å²) in [7, 11) is 1.63. The molecule has 0 saturated carbocycles. The van der Waals surface area contributed by atoms with E-state index < -0.39 is 0 Å². The minimum absolute atomic E-state index is 0.127. The van der Waals surface area contributed by atoms with Crippen molar-refractivity contribution in [2.24, 2.45) is 0 Å². The molecule has 3 nitrogen and oxygen atoms in total. The van der Waals surface area contributed by atoms with Gasteiger partial charge < -0.3 is 9.64 Å². The number of rotatable bonds is 2. The Bertz CT molecular complexity index is 388. The average Bonchev–Trinajstić information content (AvgIpc) is 2.15. The third kappa shape index (κ3) is 2.09. The molecule has 1 heterocycles. The van der Waals surface area contributed by atoms with Gasteiger partial charge in [0, 0.05) is 18.7 Å². The normalized spacial score (nSPS) is 14.7. The number of ether oxygens (including phenoxy) is 1. The van der Waals surface area contributed by atoms with E-state index in [1.165, 1.54) is 0 Å². The first kappa shape index (κ1) is 10.7. The first-order valence-corrected chi connectivity index (χ1v) is 5.93. The molecule has 1 saturated heterocycles. The smallest absolute Gasteiger partial charge is 0.253 e. The zero-order valence-electron chi connectivity index (χ0n) is 8.50. The van der Waals surface area contributed by atoms with Crippen molar-refractivity contribution in [1.82, 2.24) is 4.90 Å². The number of hydrogen-bond donors (Lipinski definition) is 0. The standard InChI is InChI=1S/C11H12INO2/c1-15-10-4-3-8(7-9(10)12)11(14)13-5-2-6-13/h3-4,7H,2,5-6H2,1H3. The molecule has 0 atom stereocenters. The molecule has 1 aliphatic rings. The van der Waals surface area contributed by atoms with E-state index in [1.54, 1.807) is 7.11 Å². The van der Waals surface area contributed by atoms with Gasteiger partial charge in [-0.15, -0.1) is 0 Å². The molecule has 2 rings (SSSR count). The molecule has 1 aromatic rings. The number of hydrogen-bond acceptors (Lipinski definition) is 2. The summed E-state index contributed by atoms with van der Waals surface area (Å²) in [5.41, 5.74) is 0.750. The number of likely N-dealkylation sites (tertiary alicyclic amines) is 1. The zero-order chi connectivity index (χ0) is 10.8. The molecule has 4 heteroatoms. The Morgan fingerprint density at radius 3 is 2.67 bits per heavy atom. The highest BCUT2D eigenvalue weighted by Crippen LogP contribution is 2.23. The van der Waals surface area contributed by atoms with E-state index in [9.17, 15) is 4.79 Å². The van der Waals surface area contributed by atoms with Gasteiger partial charge >= 0.3 is 0 Å². The van der Waals surface area contributed by atoms with Crippen LogP contribution in [0, 0.1) is 3.57 Å². The lowest BCUT2D eigenvalue weighted by atomic mass is 10.1. The van der Waals surface area contributed by atoms with Crippen molar-refractivity contribution >= 4 is 28.5 Å². The first-order chi connectivity index (χ1) is 7.22. The molecule has 0 radical (unpaired) electrons. The van der Waals surface area contributed by atoms with E-state index >= 15 is 0 Å². The number of nitrogens with zero attached hydrogens (tertiary/aromatic N) is 1. The number of carbonyl (C=O) groups is 1. The Labute approximate surface area is 103 Å². The minimum atomic E-state index is 0.127. The van der Waals surface area contributed by atoms with Crippen LogP contribution in [-0.2, 0) is 0 Å².